The van der Waals surface area contributed by atoms with Gasteiger partial charge in [-0.1, -0.05) is 18.2 Å². The number of amides is 4. The number of carbonyl (C=O) groups excluding carboxylic acids is 3. The Morgan fingerprint density at radius 3 is 2.52 bits per heavy atom. The fraction of sp³-hybridized carbons (Fsp3) is 0.0476. The monoisotopic (exact) mass is 388 g/mol. The highest BCUT2D eigenvalue weighted by Gasteiger charge is 2.37. The van der Waals surface area contributed by atoms with Gasteiger partial charge < -0.3 is 4.57 Å². The Morgan fingerprint density at radius 1 is 1.07 bits per heavy atom. The third kappa shape index (κ3) is 3.15. The lowest BCUT2D eigenvalue weighted by Gasteiger charge is -2.26. The molecule has 0 saturated carbocycles. The van der Waals surface area contributed by atoms with Crippen LogP contribution in [0.5, 0.6) is 0 Å². The number of fused-ring (bicyclic) bond motifs is 1. The average Bonchev–Trinajstić information content (AvgIpc) is 3.04. The molecule has 142 valence electrons. The number of urea groups is 1. The van der Waals surface area contributed by atoms with Gasteiger partial charge in [-0.3, -0.25) is 14.9 Å². The maximum absolute atomic E-state index is 13.2. The lowest BCUT2D eigenvalue weighted by atomic mass is 10.1. The fourth-order valence-electron chi connectivity index (χ4n) is 3.23. The van der Waals surface area contributed by atoms with Crippen molar-refractivity contribution in [3.05, 3.63) is 71.7 Å². The van der Waals surface area contributed by atoms with Gasteiger partial charge in [-0.25, -0.2) is 14.1 Å². The molecule has 0 atom stereocenters. The van der Waals surface area contributed by atoms with E-state index in [-0.39, 0.29) is 17.8 Å². The third-order valence-corrected chi connectivity index (χ3v) is 4.55. The highest BCUT2D eigenvalue weighted by Crippen LogP contribution is 2.26. The first kappa shape index (κ1) is 18.1. The molecule has 8 heteroatoms. The minimum atomic E-state index is -0.907. The lowest BCUT2D eigenvalue weighted by molar-refractivity contribution is -0.122. The maximum atomic E-state index is 13.2. The van der Waals surface area contributed by atoms with Crippen LogP contribution in [0.1, 0.15) is 5.56 Å². The molecule has 0 radical (unpaired) electrons. The van der Waals surface area contributed by atoms with E-state index in [9.17, 15) is 18.8 Å². The molecular formula is C21H13FN4O3. The van der Waals surface area contributed by atoms with E-state index in [1.54, 1.807) is 16.8 Å². The molecular weight excluding hydrogens is 375 g/mol. The van der Waals surface area contributed by atoms with Gasteiger partial charge in [-0.05, 0) is 36.4 Å². The molecule has 0 aliphatic carbocycles. The number of hydrogen-bond acceptors (Lipinski definition) is 4. The van der Waals surface area contributed by atoms with Crippen molar-refractivity contribution in [3.8, 4) is 6.07 Å². The Hall–Kier alpha value is -4.25. The smallest absolute Gasteiger partial charge is 0.333 e. The number of hydrogen-bond donors (Lipinski definition) is 1. The molecule has 7 nitrogen and oxygen atoms in total. The van der Waals surface area contributed by atoms with E-state index in [1.807, 2.05) is 18.2 Å². The number of nitrogens with one attached hydrogen (secondary N) is 1. The van der Waals surface area contributed by atoms with Crippen molar-refractivity contribution in [1.29, 1.82) is 5.26 Å². The second-order valence-electron chi connectivity index (χ2n) is 6.32. The number of anilines is 1. The molecule has 1 aliphatic heterocycles. The summed E-state index contributed by atoms with van der Waals surface area (Å²) in [6.45, 7) is 0.101. The zero-order valence-electron chi connectivity index (χ0n) is 14.9. The quantitative estimate of drug-likeness (QED) is 0.551. The van der Waals surface area contributed by atoms with Gasteiger partial charge in [0.1, 0.15) is 17.9 Å². The molecule has 2 aromatic carbocycles. The largest absolute Gasteiger partial charge is 0.335 e. The van der Waals surface area contributed by atoms with Crippen LogP contribution in [0.2, 0.25) is 0 Å². The highest BCUT2D eigenvalue weighted by atomic mass is 19.1. The third-order valence-electron chi connectivity index (χ3n) is 4.55. The number of barbiturate groups is 1. The topological polar surface area (TPSA) is 95.2 Å². The van der Waals surface area contributed by atoms with E-state index in [0.29, 0.717) is 5.56 Å². The fourth-order valence-corrected chi connectivity index (χ4v) is 3.23. The molecule has 4 rings (SSSR count). The van der Waals surface area contributed by atoms with Crippen LogP contribution in [-0.2, 0) is 16.1 Å². The first-order valence-electron chi connectivity index (χ1n) is 8.61. The van der Waals surface area contributed by atoms with Crippen LogP contribution in [0.15, 0.2) is 60.3 Å². The van der Waals surface area contributed by atoms with Gasteiger partial charge in [0.2, 0.25) is 0 Å². The number of rotatable bonds is 3. The van der Waals surface area contributed by atoms with E-state index in [2.05, 4.69) is 11.4 Å². The lowest BCUT2D eigenvalue weighted by Crippen LogP contribution is -2.54. The highest BCUT2D eigenvalue weighted by molar-refractivity contribution is 6.39. The SMILES string of the molecule is N#CCn1cc(/C=C2\C(=O)NC(=O)N(c3ccc(F)cc3)C2=O)c2ccccc21. The van der Waals surface area contributed by atoms with Gasteiger partial charge in [0.15, 0.2) is 0 Å². The van der Waals surface area contributed by atoms with Crippen molar-refractivity contribution < 1.29 is 18.8 Å². The Labute approximate surface area is 164 Å². The van der Waals surface area contributed by atoms with Crippen LogP contribution in [0.25, 0.3) is 17.0 Å². The summed E-state index contributed by atoms with van der Waals surface area (Å²) in [5.41, 5.74) is 1.23. The Balaban J connectivity index is 1.81. The number of halogens is 1. The molecule has 1 aliphatic rings. The van der Waals surface area contributed by atoms with Crippen LogP contribution in [0.3, 0.4) is 0 Å². The summed E-state index contributed by atoms with van der Waals surface area (Å²) in [5, 5.41) is 11.9. The van der Waals surface area contributed by atoms with Gasteiger partial charge in [-0.15, -0.1) is 0 Å². The van der Waals surface area contributed by atoms with Gasteiger partial charge in [0.05, 0.1) is 11.8 Å². The summed E-state index contributed by atoms with van der Waals surface area (Å²) in [6, 6.07) is 13.2. The zero-order chi connectivity index (χ0) is 20.5. The number of nitriles is 1. The van der Waals surface area contributed by atoms with Crippen molar-refractivity contribution in [2.75, 3.05) is 4.90 Å². The summed E-state index contributed by atoms with van der Waals surface area (Å²) in [5.74, 6) is -2.16. The molecule has 1 fully saturated rings. The number of carbonyl (C=O) groups is 3. The van der Waals surface area contributed by atoms with E-state index in [0.717, 1.165) is 27.9 Å². The number of aromatic nitrogens is 1. The normalized spacial score (nSPS) is 15.7. The first-order valence-corrected chi connectivity index (χ1v) is 8.61. The number of nitrogens with zero attached hydrogens (tertiary/aromatic N) is 3. The van der Waals surface area contributed by atoms with Crippen LogP contribution in [0.4, 0.5) is 14.9 Å². The Bertz CT molecular complexity index is 1240. The predicted octanol–water partition coefficient (Wildman–Crippen LogP) is 2.97. The predicted molar refractivity (Wildman–Crippen MR) is 103 cm³/mol. The van der Waals surface area contributed by atoms with Gasteiger partial charge in [-0.2, -0.15) is 5.26 Å². The summed E-state index contributed by atoms with van der Waals surface area (Å²) >= 11 is 0. The summed E-state index contributed by atoms with van der Waals surface area (Å²) in [7, 11) is 0. The molecule has 0 bridgehead atoms. The first-order chi connectivity index (χ1) is 14.0. The maximum Gasteiger partial charge on any atom is 0.335 e. The van der Waals surface area contributed by atoms with Gasteiger partial charge >= 0.3 is 6.03 Å². The zero-order valence-corrected chi connectivity index (χ0v) is 14.9. The van der Waals surface area contributed by atoms with Crippen LogP contribution in [0, 0.1) is 17.1 Å². The number of imide groups is 2. The van der Waals surface area contributed by atoms with E-state index >= 15 is 0 Å². The van der Waals surface area contributed by atoms with Crippen molar-refractivity contribution >= 4 is 40.5 Å². The molecule has 1 saturated heterocycles. The van der Waals surface area contributed by atoms with Crippen LogP contribution < -0.4 is 10.2 Å². The Kier molecular flexibility index (Phi) is 4.41. The molecule has 0 unspecified atom stereocenters. The second-order valence-corrected chi connectivity index (χ2v) is 6.32. The van der Waals surface area contributed by atoms with Crippen LogP contribution >= 0.6 is 0 Å². The standard InChI is InChI=1S/C21H13FN4O3/c22-14-5-7-15(8-6-14)26-20(28)17(19(27)24-21(26)29)11-13-12-25(10-9-23)18-4-2-1-3-16(13)18/h1-8,11-12H,10H2,(H,24,27,29)/b17-11+. The summed E-state index contributed by atoms with van der Waals surface area (Å²) < 4.78 is 14.9. The number of benzene rings is 2. The Morgan fingerprint density at radius 2 is 1.79 bits per heavy atom. The molecule has 1 N–H and O–H groups in total. The van der Waals surface area contributed by atoms with Gasteiger partial charge in [0.25, 0.3) is 11.8 Å². The van der Waals surface area contributed by atoms with Crippen LogP contribution in [-0.4, -0.2) is 22.4 Å². The van der Waals surface area contributed by atoms with Crippen molar-refractivity contribution in [2.45, 2.75) is 6.54 Å². The van der Waals surface area contributed by atoms with Crippen molar-refractivity contribution in [1.82, 2.24) is 9.88 Å². The summed E-state index contributed by atoms with van der Waals surface area (Å²) in [6.07, 6.45) is 3.05. The average molecular weight is 388 g/mol. The molecule has 29 heavy (non-hydrogen) atoms. The minimum absolute atomic E-state index is 0.101. The molecule has 0 spiro atoms. The second kappa shape index (κ2) is 7.05. The molecule has 1 aromatic heterocycles. The van der Waals surface area contributed by atoms with Crippen molar-refractivity contribution in [3.63, 3.8) is 0 Å². The number of para-hydroxylation sites is 1. The minimum Gasteiger partial charge on any atom is -0.333 e. The summed E-state index contributed by atoms with van der Waals surface area (Å²) in [4.78, 5) is 38.3. The van der Waals surface area contributed by atoms with E-state index in [4.69, 9.17) is 5.26 Å². The van der Waals surface area contributed by atoms with Crippen molar-refractivity contribution in [2.24, 2.45) is 0 Å². The molecule has 2 heterocycles. The van der Waals surface area contributed by atoms with E-state index in [1.165, 1.54) is 18.2 Å². The molecule has 3 aromatic rings. The van der Waals surface area contributed by atoms with E-state index < -0.39 is 23.7 Å². The van der Waals surface area contributed by atoms with Gasteiger partial charge in [0, 0.05) is 22.7 Å². The molecule has 4 amide bonds.